The minimum Gasteiger partial charge on any atom is -0.454 e. The summed E-state index contributed by atoms with van der Waals surface area (Å²) in [6.45, 7) is 1.89. The van der Waals surface area contributed by atoms with Gasteiger partial charge in [0.05, 0.1) is 4.90 Å². The van der Waals surface area contributed by atoms with Crippen LogP contribution in [0.25, 0.3) is 10.9 Å². The van der Waals surface area contributed by atoms with E-state index in [2.05, 4.69) is 5.32 Å². The number of amides is 1. The molecule has 3 aromatic rings. The summed E-state index contributed by atoms with van der Waals surface area (Å²) >= 11 is 0. The SMILES string of the molecule is O=C(Cn1ccc2cc(S(=O)(=O)N3CCCC3)ccc21)NCc1ccc2c(c1)OCO2. The summed E-state index contributed by atoms with van der Waals surface area (Å²) in [5.74, 6) is 1.26. The van der Waals surface area contributed by atoms with Crippen molar-refractivity contribution in [1.29, 1.82) is 0 Å². The molecule has 1 N–H and O–H groups in total. The Morgan fingerprint density at radius 2 is 1.81 bits per heavy atom. The maximum Gasteiger partial charge on any atom is 0.243 e. The summed E-state index contributed by atoms with van der Waals surface area (Å²) in [5, 5.41) is 3.70. The number of carbonyl (C=O) groups excluding carboxylic acids is 1. The molecule has 31 heavy (non-hydrogen) atoms. The van der Waals surface area contributed by atoms with Crippen LogP contribution in [-0.4, -0.2) is 43.1 Å². The number of benzene rings is 2. The lowest BCUT2D eigenvalue weighted by atomic mass is 10.2. The second-order valence-electron chi connectivity index (χ2n) is 7.74. The molecule has 162 valence electrons. The molecule has 2 aliphatic heterocycles. The van der Waals surface area contributed by atoms with Gasteiger partial charge in [-0.1, -0.05) is 6.07 Å². The number of sulfonamides is 1. The van der Waals surface area contributed by atoms with Crippen molar-refractivity contribution in [1.82, 2.24) is 14.2 Å². The molecule has 0 unspecified atom stereocenters. The first-order chi connectivity index (χ1) is 15.0. The maximum atomic E-state index is 12.8. The highest BCUT2D eigenvalue weighted by Gasteiger charge is 2.27. The minimum absolute atomic E-state index is 0.135. The number of ether oxygens (including phenoxy) is 2. The van der Waals surface area contributed by atoms with Gasteiger partial charge in [0.25, 0.3) is 0 Å². The quantitative estimate of drug-likeness (QED) is 0.635. The number of fused-ring (bicyclic) bond motifs is 2. The number of aromatic nitrogens is 1. The van der Waals surface area contributed by atoms with E-state index >= 15 is 0 Å². The second kappa shape index (κ2) is 7.90. The van der Waals surface area contributed by atoms with Gasteiger partial charge < -0.3 is 19.4 Å². The molecular weight excluding hydrogens is 418 g/mol. The Kier molecular flexibility index (Phi) is 5.07. The van der Waals surface area contributed by atoms with Crippen LogP contribution in [0.5, 0.6) is 11.5 Å². The fraction of sp³-hybridized carbons (Fsp3) is 0.318. The number of rotatable bonds is 6. The molecule has 1 aromatic heterocycles. The number of carbonyl (C=O) groups is 1. The lowest BCUT2D eigenvalue weighted by molar-refractivity contribution is -0.121. The monoisotopic (exact) mass is 441 g/mol. The van der Waals surface area contributed by atoms with Crippen LogP contribution in [0.1, 0.15) is 18.4 Å². The van der Waals surface area contributed by atoms with Gasteiger partial charge >= 0.3 is 0 Å². The van der Waals surface area contributed by atoms with Crippen LogP contribution in [-0.2, 0) is 27.9 Å². The van der Waals surface area contributed by atoms with E-state index in [4.69, 9.17) is 9.47 Å². The molecule has 3 heterocycles. The van der Waals surface area contributed by atoms with Crippen LogP contribution < -0.4 is 14.8 Å². The van der Waals surface area contributed by atoms with Crippen molar-refractivity contribution in [2.45, 2.75) is 30.8 Å². The average molecular weight is 442 g/mol. The summed E-state index contributed by atoms with van der Waals surface area (Å²) in [6.07, 6.45) is 3.61. The minimum atomic E-state index is -3.46. The van der Waals surface area contributed by atoms with Crippen molar-refractivity contribution in [3.63, 3.8) is 0 Å². The molecule has 2 aliphatic rings. The van der Waals surface area contributed by atoms with Crippen molar-refractivity contribution >= 4 is 26.8 Å². The van der Waals surface area contributed by atoms with Crippen molar-refractivity contribution in [2.75, 3.05) is 19.9 Å². The molecule has 0 spiro atoms. The lowest BCUT2D eigenvalue weighted by Crippen LogP contribution is -2.28. The molecule has 2 aromatic carbocycles. The average Bonchev–Trinajstić information content (AvgIpc) is 3.52. The molecule has 0 saturated carbocycles. The Hall–Kier alpha value is -3.04. The fourth-order valence-electron chi connectivity index (χ4n) is 4.02. The van der Waals surface area contributed by atoms with Crippen LogP contribution in [0.15, 0.2) is 53.6 Å². The van der Waals surface area contributed by atoms with Crippen molar-refractivity contribution < 1.29 is 22.7 Å². The molecular formula is C22H23N3O5S. The topological polar surface area (TPSA) is 89.9 Å². The number of nitrogens with one attached hydrogen (secondary N) is 1. The Morgan fingerprint density at radius 1 is 1.00 bits per heavy atom. The van der Waals surface area contributed by atoms with Crippen LogP contribution in [0.2, 0.25) is 0 Å². The molecule has 5 rings (SSSR count). The molecule has 8 nitrogen and oxygen atoms in total. The smallest absolute Gasteiger partial charge is 0.243 e. The van der Waals surface area contributed by atoms with E-state index in [9.17, 15) is 13.2 Å². The standard InChI is InChI=1S/C22H23N3O5S/c26-22(23-13-16-3-6-20-21(11-16)30-15-29-20)14-24-10-7-17-12-18(4-5-19(17)24)31(27,28)25-8-1-2-9-25/h3-7,10-12H,1-2,8-9,13-15H2,(H,23,26). The summed E-state index contributed by atoms with van der Waals surface area (Å²) in [6, 6.07) is 12.5. The highest BCUT2D eigenvalue weighted by molar-refractivity contribution is 7.89. The van der Waals surface area contributed by atoms with E-state index in [1.165, 1.54) is 4.31 Å². The van der Waals surface area contributed by atoms with Gasteiger partial charge in [-0.05, 0) is 54.8 Å². The highest BCUT2D eigenvalue weighted by atomic mass is 32.2. The van der Waals surface area contributed by atoms with Gasteiger partial charge in [-0.3, -0.25) is 4.79 Å². The zero-order chi connectivity index (χ0) is 21.4. The van der Waals surface area contributed by atoms with Gasteiger partial charge in [0.1, 0.15) is 6.54 Å². The number of hydrogen-bond donors (Lipinski definition) is 1. The van der Waals surface area contributed by atoms with Gasteiger partial charge in [0, 0.05) is 36.7 Å². The predicted octanol–water partition coefficient (Wildman–Crippen LogP) is 2.47. The predicted molar refractivity (Wildman–Crippen MR) is 114 cm³/mol. The Balaban J connectivity index is 1.26. The number of hydrogen-bond acceptors (Lipinski definition) is 5. The van der Waals surface area contributed by atoms with E-state index in [0.29, 0.717) is 36.0 Å². The van der Waals surface area contributed by atoms with Gasteiger partial charge in [-0.25, -0.2) is 8.42 Å². The molecule has 0 atom stereocenters. The van der Waals surface area contributed by atoms with Crippen LogP contribution in [0, 0.1) is 0 Å². The third-order valence-electron chi connectivity index (χ3n) is 5.69. The van der Waals surface area contributed by atoms with Crippen molar-refractivity contribution in [3.8, 4) is 11.5 Å². The lowest BCUT2D eigenvalue weighted by Gasteiger charge is -2.15. The van der Waals surface area contributed by atoms with E-state index in [-0.39, 0.29) is 19.2 Å². The van der Waals surface area contributed by atoms with E-state index in [1.807, 2.05) is 28.8 Å². The third kappa shape index (κ3) is 3.86. The normalized spacial score (nSPS) is 16.1. The molecule has 0 bridgehead atoms. The van der Waals surface area contributed by atoms with Gasteiger partial charge in [-0.2, -0.15) is 4.31 Å². The molecule has 0 radical (unpaired) electrons. The van der Waals surface area contributed by atoms with Crippen LogP contribution >= 0.6 is 0 Å². The molecule has 9 heteroatoms. The highest BCUT2D eigenvalue weighted by Crippen LogP contribution is 2.32. The van der Waals surface area contributed by atoms with Crippen LogP contribution in [0.3, 0.4) is 0 Å². The molecule has 1 fully saturated rings. The third-order valence-corrected chi connectivity index (χ3v) is 7.58. The van der Waals surface area contributed by atoms with E-state index < -0.39 is 10.0 Å². The fourth-order valence-corrected chi connectivity index (χ4v) is 5.57. The summed E-state index contributed by atoms with van der Waals surface area (Å²) in [7, 11) is -3.46. The number of nitrogens with zero attached hydrogens (tertiary/aromatic N) is 2. The molecule has 0 aliphatic carbocycles. The van der Waals surface area contributed by atoms with Gasteiger partial charge in [0.2, 0.25) is 22.7 Å². The molecule has 1 saturated heterocycles. The summed E-state index contributed by atoms with van der Waals surface area (Å²) < 4.78 is 39.6. The van der Waals surface area contributed by atoms with Crippen LogP contribution in [0.4, 0.5) is 0 Å². The summed E-state index contributed by atoms with van der Waals surface area (Å²) in [4.78, 5) is 12.8. The van der Waals surface area contributed by atoms with Crippen molar-refractivity contribution in [2.24, 2.45) is 0 Å². The maximum absolute atomic E-state index is 12.8. The van der Waals surface area contributed by atoms with Gasteiger partial charge in [-0.15, -0.1) is 0 Å². The first-order valence-corrected chi connectivity index (χ1v) is 11.7. The Morgan fingerprint density at radius 3 is 2.65 bits per heavy atom. The second-order valence-corrected chi connectivity index (χ2v) is 9.68. The Bertz CT molecular complexity index is 1250. The zero-order valence-corrected chi connectivity index (χ0v) is 17.7. The molecule has 1 amide bonds. The first-order valence-electron chi connectivity index (χ1n) is 10.2. The zero-order valence-electron chi connectivity index (χ0n) is 16.9. The van der Waals surface area contributed by atoms with Crippen molar-refractivity contribution in [3.05, 3.63) is 54.2 Å². The Labute approximate surface area is 180 Å². The largest absolute Gasteiger partial charge is 0.454 e. The first kappa shape index (κ1) is 19.9. The van der Waals surface area contributed by atoms with E-state index in [1.54, 1.807) is 24.4 Å². The van der Waals surface area contributed by atoms with Gasteiger partial charge in [0.15, 0.2) is 11.5 Å². The summed E-state index contributed by atoms with van der Waals surface area (Å²) in [5.41, 5.74) is 1.74. The van der Waals surface area contributed by atoms with E-state index in [0.717, 1.165) is 29.3 Å².